The number of nitrogens with one attached hydrogen (secondary N) is 1. The fourth-order valence-corrected chi connectivity index (χ4v) is 5.69. The third-order valence-electron chi connectivity index (χ3n) is 7.35. The molecule has 5 heteroatoms. The van der Waals surface area contributed by atoms with Crippen molar-refractivity contribution in [3.8, 4) is 11.5 Å². The Morgan fingerprint density at radius 2 is 1.81 bits per heavy atom. The fraction of sp³-hybridized carbons (Fsp3) is 0.250. The molecule has 1 atom stereocenters. The average Bonchev–Trinajstić information content (AvgIpc) is 2.91. The van der Waals surface area contributed by atoms with Crippen LogP contribution in [0, 0.1) is 5.41 Å². The van der Waals surface area contributed by atoms with Gasteiger partial charge in [0.1, 0.15) is 6.61 Å². The van der Waals surface area contributed by atoms with E-state index in [2.05, 4.69) is 36.3 Å². The number of ketones is 1. The van der Waals surface area contributed by atoms with E-state index in [0.29, 0.717) is 24.5 Å². The van der Waals surface area contributed by atoms with Gasteiger partial charge in [-0.3, -0.25) is 9.78 Å². The molecule has 0 unspecified atom stereocenters. The topological polar surface area (TPSA) is 60.5 Å². The minimum absolute atomic E-state index is 0.105. The molecule has 0 bridgehead atoms. The number of ether oxygens (including phenoxy) is 2. The lowest BCUT2D eigenvalue weighted by Gasteiger charge is -2.40. The summed E-state index contributed by atoms with van der Waals surface area (Å²) >= 11 is 0. The van der Waals surface area contributed by atoms with Crippen molar-refractivity contribution in [1.29, 1.82) is 0 Å². The number of carbonyl (C=O) groups is 1. The molecule has 1 aliphatic carbocycles. The van der Waals surface area contributed by atoms with Gasteiger partial charge in [-0.25, -0.2) is 0 Å². The number of aromatic nitrogens is 1. The molecule has 186 valence electrons. The van der Waals surface area contributed by atoms with E-state index in [9.17, 15) is 4.79 Å². The van der Waals surface area contributed by atoms with E-state index in [1.807, 2.05) is 66.9 Å². The van der Waals surface area contributed by atoms with E-state index >= 15 is 0 Å². The summed E-state index contributed by atoms with van der Waals surface area (Å²) < 4.78 is 11.8. The number of anilines is 1. The number of hydrogen-bond donors (Lipinski definition) is 1. The molecule has 3 aromatic carbocycles. The Morgan fingerprint density at radius 3 is 2.62 bits per heavy atom. The lowest BCUT2D eigenvalue weighted by Crippen LogP contribution is -2.33. The molecule has 0 spiro atoms. The maximum absolute atomic E-state index is 13.7. The summed E-state index contributed by atoms with van der Waals surface area (Å²) in [6, 6.07) is 23.9. The highest BCUT2D eigenvalue weighted by Gasteiger charge is 2.41. The first kappa shape index (κ1) is 23.3. The molecule has 1 aliphatic heterocycles. The lowest BCUT2D eigenvalue weighted by atomic mass is 9.68. The van der Waals surface area contributed by atoms with Gasteiger partial charge in [0.05, 0.1) is 18.7 Å². The van der Waals surface area contributed by atoms with Crippen LogP contribution in [0.3, 0.4) is 0 Å². The number of methoxy groups -OCH3 is 1. The van der Waals surface area contributed by atoms with Crippen LogP contribution in [0.4, 0.5) is 5.69 Å². The second kappa shape index (κ2) is 9.07. The molecule has 0 amide bonds. The molecule has 5 nitrogen and oxygen atoms in total. The van der Waals surface area contributed by atoms with Crippen molar-refractivity contribution in [3.63, 3.8) is 0 Å². The van der Waals surface area contributed by atoms with Crippen LogP contribution < -0.4 is 14.8 Å². The van der Waals surface area contributed by atoms with Crippen molar-refractivity contribution < 1.29 is 14.3 Å². The molecule has 0 fully saturated rings. The van der Waals surface area contributed by atoms with Gasteiger partial charge >= 0.3 is 0 Å². The standard InChI is InChI=1S/C32H30N2O3/c1-32(2)17-23-29-22-10-7-15-33-24(22)12-13-25(29)34-31(30(23)26(35)18-32)21-11-14-27(28(16-21)36-3)37-19-20-8-5-4-6-9-20/h4-16,31,34H,17-19H2,1-3H3/t31-/m0/s1. The maximum atomic E-state index is 13.7. The van der Waals surface area contributed by atoms with Gasteiger partial charge in [-0.2, -0.15) is 0 Å². The molecular formula is C32H30N2O3. The summed E-state index contributed by atoms with van der Waals surface area (Å²) in [7, 11) is 1.65. The molecule has 2 aliphatic rings. The number of pyridine rings is 1. The molecule has 1 N–H and O–H groups in total. The van der Waals surface area contributed by atoms with Gasteiger partial charge in [0.25, 0.3) is 0 Å². The monoisotopic (exact) mass is 490 g/mol. The lowest BCUT2D eigenvalue weighted by molar-refractivity contribution is -0.118. The quantitative estimate of drug-likeness (QED) is 0.322. The number of carbonyl (C=O) groups excluding carboxylic acids is 1. The van der Waals surface area contributed by atoms with Crippen LogP contribution in [0.1, 0.15) is 49.4 Å². The van der Waals surface area contributed by atoms with Crippen LogP contribution in [0.2, 0.25) is 0 Å². The molecule has 2 heterocycles. The second-order valence-electron chi connectivity index (χ2n) is 10.7. The first-order valence-corrected chi connectivity index (χ1v) is 12.7. The van der Waals surface area contributed by atoms with Crippen LogP contribution in [-0.4, -0.2) is 17.9 Å². The first-order chi connectivity index (χ1) is 17.9. The summed E-state index contributed by atoms with van der Waals surface area (Å²) in [6.07, 6.45) is 3.17. The van der Waals surface area contributed by atoms with E-state index in [1.165, 1.54) is 0 Å². The Hall–Kier alpha value is -4.12. The Kier molecular flexibility index (Phi) is 5.71. The molecular weight excluding hydrogens is 460 g/mol. The van der Waals surface area contributed by atoms with Gasteiger partial charge in [0.15, 0.2) is 17.3 Å². The largest absolute Gasteiger partial charge is 0.493 e. The average molecular weight is 491 g/mol. The van der Waals surface area contributed by atoms with E-state index in [4.69, 9.17) is 9.47 Å². The highest BCUT2D eigenvalue weighted by molar-refractivity contribution is 6.12. The summed E-state index contributed by atoms with van der Waals surface area (Å²) in [4.78, 5) is 18.3. The molecule has 37 heavy (non-hydrogen) atoms. The van der Waals surface area contributed by atoms with Gasteiger partial charge in [-0.15, -0.1) is 0 Å². The van der Waals surface area contributed by atoms with Crippen LogP contribution in [0.5, 0.6) is 11.5 Å². The van der Waals surface area contributed by atoms with Crippen molar-refractivity contribution in [2.45, 2.75) is 39.3 Å². The Labute approximate surface area is 217 Å². The van der Waals surface area contributed by atoms with E-state index in [1.54, 1.807) is 7.11 Å². The fourth-order valence-electron chi connectivity index (χ4n) is 5.69. The van der Waals surface area contributed by atoms with Crippen molar-refractivity contribution in [2.75, 3.05) is 12.4 Å². The van der Waals surface area contributed by atoms with Crippen molar-refractivity contribution in [2.24, 2.45) is 5.41 Å². The zero-order valence-corrected chi connectivity index (χ0v) is 21.4. The summed E-state index contributed by atoms with van der Waals surface area (Å²) in [6.45, 7) is 4.81. The Balaban J connectivity index is 1.43. The van der Waals surface area contributed by atoms with Crippen LogP contribution >= 0.6 is 0 Å². The number of rotatable bonds is 5. The van der Waals surface area contributed by atoms with Gasteiger partial charge < -0.3 is 14.8 Å². The van der Waals surface area contributed by atoms with E-state index < -0.39 is 0 Å². The highest BCUT2D eigenvalue weighted by atomic mass is 16.5. The van der Waals surface area contributed by atoms with E-state index in [0.717, 1.165) is 50.8 Å². The summed E-state index contributed by atoms with van der Waals surface area (Å²) in [5, 5.41) is 4.76. The van der Waals surface area contributed by atoms with E-state index in [-0.39, 0.29) is 17.2 Å². The predicted octanol–water partition coefficient (Wildman–Crippen LogP) is 7.13. The molecule has 0 radical (unpaired) electrons. The minimum Gasteiger partial charge on any atom is -0.493 e. The number of allylic oxidation sites excluding steroid dienone is 1. The summed E-state index contributed by atoms with van der Waals surface area (Å²) in [5.74, 6) is 1.52. The zero-order valence-electron chi connectivity index (χ0n) is 21.4. The number of nitrogens with zero attached hydrogens (tertiary/aromatic N) is 1. The Bertz CT molecular complexity index is 1540. The number of benzene rings is 3. The van der Waals surface area contributed by atoms with Crippen molar-refractivity contribution in [1.82, 2.24) is 4.98 Å². The maximum Gasteiger partial charge on any atom is 0.162 e. The summed E-state index contributed by atoms with van der Waals surface area (Å²) in [5.41, 5.74) is 7.00. The first-order valence-electron chi connectivity index (χ1n) is 12.7. The minimum atomic E-state index is -0.266. The normalized spacial score (nSPS) is 18.1. The third-order valence-corrected chi connectivity index (χ3v) is 7.35. The van der Waals surface area contributed by atoms with Gasteiger partial charge in [0, 0.05) is 34.8 Å². The molecule has 1 aromatic heterocycles. The van der Waals surface area contributed by atoms with Gasteiger partial charge in [-0.05, 0) is 58.9 Å². The Morgan fingerprint density at radius 1 is 0.973 bits per heavy atom. The van der Waals surface area contributed by atoms with Gasteiger partial charge in [-0.1, -0.05) is 56.3 Å². The SMILES string of the molecule is COc1cc([C@@H]2Nc3ccc4ncccc4c3C3=C2C(=O)CC(C)(C)C3)ccc1OCc1ccccc1. The molecule has 4 aromatic rings. The molecule has 6 rings (SSSR count). The zero-order chi connectivity index (χ0) is 25.6. The smallest absolute Gasteiger partial charge is 0.162 e. The highest BCUT2D eigenvalue weighted by Crippen LogP contribution is 2.52. The molecule has 0 saturated heterocycles. The number of fused-ring (bicyclic) bond motifs is 4. The molecule has 0 saturated carbocycles. The number of Topliss-reactive ketones (excluding diaryl/α,β-unsaturated/α-hetero) is 1. The van der Waals surface area contributed by atoms with Crippen LogP contribution in [0.15, 0.2) is 84.6 Å². The van der Waals surface area contributed by atoms with Crippen molar-refractivity contribution in [3.05, 3.63) is 101 Å². The number of hydrogen-bond acceptors (Lipinski definition) is 5. The second-order valence-corrected chi connectivity index (χ2v) is 10.7. The van der Waals surface area contributed by atoms with Crippen LogP contribution in [0.25, 0.3) is 16.5 Å². The van der Waals surface area contributed by atoms with Crippen molar-refractivity contribution >= 4 is 27.9 Å². The third kappa shape index (κ3) is 4.25. The predicted molar refractivity (Wildman–Crippen MR) is 147 cm³/mol. The van der Waals surface area contributed by atoms with Crippen LogP contribution in [-0.2, 0) is 11.4 Å². The van der Waals surface area contributed by atoms with Gasteiger partial charge in [0.2, 0.25) is 0 Å².